The molecule has 0 saturated heterocycles. The van der Waals surface area contributed by atoms with Crippen LogP contribution in [0.5, 0.6) is 0 Å². The molecule has 0 fully saturated rings. The normalized spacial score (nSPS) is 13.6. The Hall–Kier alpha value is -1.88. The number of carbonyl (C=O) groups excluding carboxylic acids is 1. The second-order valence-electron chi connectivity index (χ2n) is 6.40. The molecule has 5 heteroatoms. The molecule has 0 heterocycles. The zero-order valence-corrected chi connectivity index (χ0v) is 13.0. The van der Waals surface area contributed by atoms with Crippen LogP contribution < -0.4 is 11.1 Å². The van der Waals surface area contributed by atoms with Gasteiger partial charge in [0.2, 0.25) is 5.91 Å². The number of hydrogen-bond acceptors (Lipinski definition) is 3. The van der Waals surface area contributed by atoms with Crippen molar-refractivity contribution in [2.45, 2.75) is 45.7 Å². The van der Waals surface area contributed by atoms with Gasteiger partial charge in [-0.2, -0.15) is 0 Å². The second-order valence-corrected chi connectivity index (χ2v) is 6.40. The van der Waals surface area contributed by atoms with Gasteiger partial charge in [-0.25, -0.2) is 4.79 Å². The molecule has 5 nitrogen and oxygen atoms in total. The van der Waals surface area contributed by atoms with E-state index in [0.29, 0.717) is 0 Å². The minimum atomic E-state index is -1.06. The summed E-state index contributed by atoms with van der Waals surface area (Å²) in [5.41, 5.74) is 5.23. The quantitative estimate of drug-likeness (QED) is 0.742. The fourth-order valence-electron chi connectivity index (χ4n) is 1.68. The number of carboxylic acids is 1. The van der Waals surface area contributed by atoms with Crippen molar-refractivity contribution >= 4 is 11.9 Å². The summed E-state index contributed by atoms with van der Waals surface area (Å²) in [6.07, 6.45) is 0.239. The standard InChI is InChI=1S/C16H24N2O3/c1-15(2,16(3,4)17)14(21)18-12(13(19)20)10-11-8-6-5-7-9-11/h5-9,12H,10,17H2,1-4H3,(H,18,21)(H,19,20)/t12-/m1/s1. The average Bonchev–Trinajstić information content (AvgIpc) is 2.37. The van der Waals surface area contributed by atoms with Crippen LogP contribution in [0.1, 0.15) is 33.3 Å². The summed E-state index contributed by atoms with van der Waals surface area (Å²) in [6, 6.07) is 8.23. The van der Waals surface area contributed by atoms with Gasteiger partial charge in [0.05, 0.1) is 5.41 Å². The number of hydrogen-bond donors (Lipinski definition) is 3. The predicted molar refractivity (Wildman–Crippen MR) is 81.8 cm³/mol. The zero-order valence-electron chi connectivity index (χ0n) is 13.0. The number of nitrogens with one attached hydrogen (secondary N) is 1. The smallest absolute Gasteiger partial charge is 0.326 e. The molecule has 0 radical (unpaired) electrons. The van der Waals surface area contributed by atoms with Crippen LogP contribution in [0.2, 0.25) is 0 Å². The van der Waals surface area contributed by atoms with Gasteiger partial charge in [0, 0.05) is 12.0 Å². The van der Waals surface area contributed by atoms with Crippen LogP contribution in [0.15, 0.2) is 30.3 Å². The van der Waals surface area contributed by atoms with E-state index in [2.05, 4.69) is 5.32 Å². The molecule has 0 aliphatic rings. The lowest BCUT2D eigenvalue weighted by molar-refractivity contribution is -0.144. The van der Waals surface area contributed by atoms with Crippen LogP contribution in [0.3, 0.4) is 0 Å². The first kappa shape index (κ1) is 17.2. The number of carbonyl (C=O) groups is 2. The van der Waals surface area contributed by atoms with E-state index in [4.69, 9.17) is 5.73 Å². The Kier molecular flexibility index (Phi) is 5.12. The fraction of sp³-hybridized carbons (Fsp3) is 0.500. The van der Waals surface area contributed by atoms with Crippen LogP contribution in [0, 0.1) is 5.41 Å². The SMILES string of the molecule is CC(C)(N)C(C)(C)C(=O)N[C@H](Cc1ccccc1)C(=O)O. The highest BCUT2D eigenvalue weighted by molar-refractivity contribution is 5.88. The van der Waals surface area contributed by atoms with Crippen LogP contribution in [0.25, 0.3) is 0 Å². The van der Waals surface area contributed by atoms with Crippen molar-refractivity contribution in [3.8, 4) is 0 Å². The molecular formula is C16H24N2O3. The predicted octanol–water partition coefficient (Wildman–Crippen LogP) is 1.56. The van der Waals surface area contributed by atoms with Crippen molar-refractivity contribution in [1.29, 1.82) is 0 Å². The first-order valence-electron chi connectivity index (χ1n) is 6.92. The average molecular weight is 292 g/mol. The van der Waals surface area contributed by atoms with Crippen molar-refractivity contribution in [2.75, 3.05) is 0 Å². The van der Waals surface area contributed by atoms with E-state index in [1.54, 1.807) is 27.7 Å². The number of benzene rings is 1. The monoisotopic (exact) mass is 292 g/mol. The molecule has 1 aromatic rings. The number of aliphatic carboxylic acids is 1. The highest BCUT2D eigenvalue weighted by atomic mass is 16.4. The Bertz CT molecular complexity index is 504. The van der Waals surface area contributed by atoms with E-state index in [0.717, 1.165) is 5.56 Å². The van der Waals surface area contributed by atoms with Crippen LogP contribution in [-0.4, -0.2) is 28.6 Å². The van der Waals surface area contributed by atoms with Crippen molar-refractivity contribution in [3.63, 3.8) is 0 Å². The van der Waals surface area contributed by atoms with E-state index >= 15 is 0 Å². The van der Waals surface area contributed by atoms with Gasteiger partial charge in [0.1, 0.15) is 6.04 Å². The maximum atomic E-state index is 12.4. The summed E-state index contributed by atoms with van der Waals surface area (Å²) in [5.74, 6) is -1.42. The van der Waals surface area contributed by atoms with Gasteiger partial charge in [-0.3, -0.25) is 4.79 Å². The van der Waals surface area contributed by atoms with Gasteiger partial charge < -0.3 is 16.2 Å². The fourth-order valence-corrected chi connectivity index (χ4v) is 1.68. The van der Waals surface area contributed by atoms with Gasteiger partial charge in [-0.15, -0.1) is 0 Å². The molecule has 0 spiro atoms. The Morgan fingerprint density at radius 3 is 2.14 bits per heavy atom. The second kappa shape index (κ2) is 6.26. The van der Waals surface area contributed by atoms with Gasteiger partial charge in [-0.1, -0.05) is 30.3 Å². The van der Waals surface area contributed by atoms with Crippen LogP contribution in [-0.2, 0) is 16.0 Å². The summed E-state index contributed by atoms with van der Waals surface area (Å²) in [5, 5.41) is 11.9. The first-order chi connectivity index (χ1) is 9.55. The first-order valence-corrected chi connectivity index (χ1v) is 6.92. The highest BCUT2D eigenvalue weighted by Gasteiger charge is 2.41. The Morgan fingerprint density at radius 2 is 1.71 bits per heavy atom. The van der Waals surface area contributed by atoms with E-state index in [1.165, 1.54) is 0 Å². The van der Waals surface area contributed by atoms with Gasteiger partial charge >= 0.3 is 5.97 Å². The van der Waals surface area contributed by atoms with E-state index in [-0.39, 0.29) is 12.3 Å². The molecule has 0 aromatic heterocycles. The molecule has 1 rings (SSSR count). The summed E-state index contributed by atoms with van der Waals surface area (Å²) in [7, 11) is 0. The minimum absolute atomic E-state index is 0.239. The molecule has 0 aliphatic heterocycles. The Balaban J connectivity index is 2.85. The molecular weight excluding hydrogens is 268 g/mol. The number of amides is 1. The maximum absolute atomic E-state index is 12.4. The van der Waals surface area contributed by atoms with Crippen molar-refractivity contribution in [2.24, 2.45) is 11.1 Å². The molecule has 21 heavy (non-hydrogen) atoms. The number of nitrogens with two attached hydrogens (primary N) is 1. The molecule has 0 unspecified atom stereocenters. The topological polar surface area (TPSA) is 92.4 Å². The lowest BCUT2D eigenvalue weighted by Crippen LogP contribution is -2.58. The molecule has 1 atom stereocenters. The third-order valence-corrected chi connectivity index (χ3v) is 4.06. The minimum Gasteiger partial charge on any atom is -0.480 e. The summed E-state index contributed by atoms with van der Waals surface area (Å²) in [6.45, 7) is 6.92. The van der Waals surface area contributed by atoms with Gasteiger partial charge in [0.25, 0.3) is 0 Å². The molecule has 1 aromatic carbocycles. The van der Waals surface area contributed by atoms with E-state index in [9.17, 15) is 14.7 Å². The Labute approximate surface area is 125 Å². The number of rotatable bonds is 6. The molecule has 0 aliphatic carbocycles. The lowest BCUT2D eigenvalue weighted by Gasteiger charge is -2.37. The van der Waals surface area contributed by atoms with Crippen LogP contribution in [0.4, 0.5) is 0 Å². The highest BCUT2D eigenvalue weighted by Crippen LogP contribution is 2.28. The van der Waals surface area contributed by atoms with Gasteiger partial charge in [-0.05, 0) is 33.3 Å². The van der Waals surface area contributed by atoms with E-state index < -0.39 is 23.0 Å². The number of carboxylic acid groups (broad SMARTS) is 1. The van der Waals surface area contributed by atoms with Crippen molar-refractivity contribution in [3.05, 3.63) is 35.9 Å². The third kappa shape index (κ3) is 4.29. The van der Waals surface area contributed by atoms with Crippen LogP contribution >= 0.6 is 0 Å². The third-order valence-electron chi connectivity index (χ3n) is 4.06. The molecule has 4 N–H and O–H groups in total. The molecule has 1 amide bonds. The van der Waals surface area contributed by atoms with Gasteiger partial charge in [0.15, 0.2) is 0 Å². The van der Waals surface area contributed by atoms with Crippen molar-refractivity contribution < 1.29 is 14.7 Å². The van der Waals surface area contributed by atoms with E-state index in [1.807, 2.05) is 30.3 Å². The molecule has 0 saturated carbocycles. The molecule has 0 bridgehead atoms. The largest absolute Gasteiger partial charge is 0.480 e. The summed E-state index contributed by atoms with van der Waals surface area (Å²) >= 11 is 0. The molecule has 116 valence electrons. The maximum Gasteiger partial charge on any atom is 0.326 e. The lowest BCUT2D eigenvalue weighted by atomic mass is 9.74. The summed E-state index contributed by atoms with van der Waals surface area (Å²) in [4.78, 5) is 23.7. The summed E-state index contributed by atoms with van der Waals surface area (Å²) < 4.78 is 0. The Morgan fingerprint density at radius 1 is 1.19 bits per heavy atom. The zero-order chi connectivity index (χ0) is 16.3. The van der Waals surface area contributed by atoms with Crippen molar-refractivity contribution in [1.82, 2.24) is 5.32 Å².